The Labute approximate surface area is 163 Å². The van der Waals surface area contributed by atoms with E-state index in [0.717, 1.165) is 21.2 Å². The summed E-state index contributed by atoms with van der Waals surface area (Å²) in [6.45, 7) is 10.3. The highest BCUT2D eigenvalue weighted by Gasteiger charge is 2.08. The molecule has 2 aromatic carbocycles. The number of carbonyl (C=O) groups excluding carboxylic acids is 1. The van der Waals surface area contributed by atoms with Crippen LogP contribution in [-0.4, -0.2) is 18.7 Å². The maximum Gasteiger partial charge on any atom is 0.277 e. The Bertz CT molecular complexity index is 806. The normalized spacial score (nSPS) is 11.2. The van der Waals surface area contributed by atoms with Crippen molar-refractivity contribution in [2.24, 2.45) is 5.10 Å². The Morgan fingerprint density at radius 3 is 2.42 bits per heavy atom. The average molecular weight is 417 g/mol. The summed E-state index contributed by atoms with van der Waals surface area (Å²) >= 11 is 3.48. The number of hydrogen-bond donors (Lipinski definition) is 1. The molecule has 0 saturated carbocycles. The average Bonchev–Trinajstić information content (AvgIpc) is 2.55. The molecule has 1 N–H and O–H groups in total. The first-order valence-electron chi connectivity index (χ1n) is 8.60. The molecule has 0 unspecified atom stereocenters. The van der Waals surface area contributed by atoms with Crippen LogP contribution < -0.4 is 10.2 Å². The summed E-state index contributed by atoms with van der Waals surface area (Å²) in [7, 11) is 0. The molecule has 0 fully saturated rings. The highest BCUT2D eigenvalue weighted by atomic mass is 79.9. The lowest BCUT2D eigenvalue weighted by Crippen LogP contribution is -2.24. The molecule has 0 radical (unpaired) electrons. The van der Waals surface area contributed by atoms with Gasteiger partial charge in [0, 0.05) is 5.56 Å². The molecule has 0 aliphatic heterocycles. The molecule has 0 heterocycles. The van der Waals surface area contributed by atoms with Crippen LogP contribution in [0.5, 0.6) is 5.75 Å². The number of amides is 1. The molecule has 0 aromatic heterocycles. The molecule has 0 spiro atoms. The van der Waals surface area contributed by atoms with Crippen LogP contribution in [-0.2, 0) is 4.79 Å². The first-order chi connectivity index (χ1) is 12.3. The van der Waals surface area contributed by atoms with Gasteiger partial charge in [0.05, 0.1) is 10.7 Å². The second-order valence-electron chi connectivity index (χ2n) is 6.74. The third-order valence-corrected chi connectivity index (χ3v) is 4.72. The van der Waals surface area contributed by atoms with Gasteiger partial charge in [0.2, 0.25) is 0 Å². The fourth-order valence-electron chi connectivity index (χ4n) is 2.73. The topological polar surface area (TPSA) is 50.7 Å². The van der Waals surface area contributed by atoms with Gasteiger partial charge in [-0.3, -0.25) is 4.79 Å². The number of nitrogens with one attached hydrogen (secondary N) is 1. The predicted molar refractivity (Wildman–Crippen MR) is 110 cm³/mol. The van der Waals surface area contributed by atoms with Crippen LogP contribution in [0, 0.1) is 20.8 Å². The summed E-state index contributed by atoms with van der Waals surface area (Å²) < 4.78 is 6.41. The second kappa shape index (κ2) is 8.99. The molecular weight excluding hydrogens is 392 g/mol. The zero-order chi connectivity index (χ0) is 19.3. The summed E-state index contributed by atoms with van der Waals surface area (Å²) in [6.07, 6.45) is 1.68. The van der Waals surface area contributed by atoms with Crippen molar-refractivity contribution in [3.8, 4) is 5.75 Å². The minimum Gasteiger partial charge on any atom is -0.483 e. The fraction of sp³-hybridized carbons (Fsp3) is 0.333. The number of nitrogens with zero attached hydrogens (tertiary/aromatic N) is 1. The van der Waals surface area contributed by atoms with Gasteiger partial charge >= 0.3 is 0 Å². The van der Waals surface area contributed by atoms with E-state index < -0.39 is 0 Å². The third kappa shape index (κ3) is 5.43. The summed E-state index contributed by atoms with van der Waals surface area (Å²) in [6, 6.07) is 10.1. The van der Waals surface area contributed by atoms with Crippen molar-refractivity contribution in [2.75, 3.05) is 6.61 Å². The smallest absolute Gasteiger partial charge is 0.277 e. The van der Waals surface area contributed by atoms with Crippen molar-refractivity contribution in [1.29, 1.82) is 0 Å². The van der Waals surface area contributed by atoms with Crippen molar-refractivity contribution in [3.05, 3.63) is 62.6 Å². The van der Waals surface area contributed by atoms with E-state index in [1.54, 1.807) is 6.21 Å². The highest BCUT2D eigenvalue weighted by Crippen LogP contribution is 2.28. The molecule has 2 rings (SSSR count). The minimum absolute atomic E-state index is 0.0944. The first kappa shape index (κ1) is 20.2. The quantitative estimate of drug-likeness (QED) is 0.530. The maximum absolute atomic E-state index is 12.0. The van der Waals surface area contributed by atoms with E-state index in [2.05, 4.69) is 59.4 Å². The van der Waals surface area contributed by atoms with Gasteiger partial charge in [-0.1, -0.05) is 37.6 Å². The number of hydrogen-bond acceptors (Lipinski definition) is 3. The van der Waals surface area contributed by atoms with Crippen LogP contribution >= 0.6 is 15.9 Å². The summed E-state index contributed by atoms with van der Waals surface area (Å²) in [5.41, 5.74) is 8.21. The summed E-state index contributed by atoms with van der Waals surface area (Å²) in [5.74, 6) is 0.772. The molecule has 26 heavy (non-hydrogen) atoms. The Morgan fingerprint density at radius 2 is 1.85 bits per heavy atom. The van der Waals surface area contributed by atoms with Crippen LogP contribution in [0.4, 0.5) is 0 Å². The Kier molecular flexibility index (Phi) is 6.98. The number of hydrazone groups is 1. The van der Waals surface area contributed by atoms with Gasteiger partial charge in [0.15, 0.2) is 6.61 Å². The number of rotatable bonds is 6. The Hall–Kier alpha value is -2.14. The molecule has 5 heteroatoms. The largest absolute Gasteiger partial charge is 0.483 e. The van der Waals surface area contributed by atoms with Gasteiger partial charge in [0.25, 0.3) is 5.91 Å². The van der Waals surface area contributed by atoms with Gasteiger partial charge in [-0.2, -0.15) is 5.10 Å². The maximum atomic E-state index is 12.0. The van der Waals surface area contributed by atoms with E-state index in [4.69, 9.17) is 4.74 Å². The van der Waals surface area contributed by atoms with Crippen molar-refractivity contribution >= 4 is 28.1 Å². The van der Waals surface area contributed by atoms with E-state index in [9.17, 15) is 4.79 Å². The van der Waals surface area contributed by atoms with Crippen molar-refractivity contribution in [1.82, 2.24) is 5.43 Å². The Balaban J connectivity index is 1.92. The SMILES string of the molecule is Cc1cc(C)c(/C=N/NC(=O)COc2ccc(C(C)C)cc2Br)c(C)c1. The van der Waals surface area contributed by atoms with E-state index >= 15 is 0 Å². The lowest BCUT2D eigenvalue weighted by molar-refractivity contribution is -0.123. The first-order valence-corrected chi connectivity index (χ1v) is 9.39. The predicted octanol–water partition coefficient (Wildman–Crippen LogP) is 5.03. The van der Waals surface area contributed by atoms with Crippen LogP contribution in [0.3, 0.4) is 0 Å². The monoisotopic (exact) mass is 416 g/mol. The minimum atomic E-state index is -0.302. The molecule has 0 saturated heterocycles. The zero-order valence-corrected chi connectivity index (χ0v) is 17.5. The van der Waals surface area contributed by atoms with Crippen molar-refractivity contribution < 1.29 is 9.53 Å². The van der Waals surface area contributed by atoms with E-state index in [1.807, 2.05) is 32.0 Å². The number of carbonyl (C=O) groups is 1. The number of aryl methyl sites for hydroxylation is 3. The van der Waals surface area contributed by atoms with Gasteiger partial charge < -0.3 is 4.74 Å². The molecule has 2 aromatic rings. The van der Waals surface area contributed by atoms with Gasteiger partial charge in [-0.25, -0.2) is 5.43 Å². The molecule has 1 amide bonds. The molecule has 0 atom stereocenters. The summed E-state index contributed by atoms with van der Waals surface area (Å²) in [5, 5.41) is 4.05. The van der Waals surface area contributed by atoms with Crippen LogP contribution in [0.2, 0.25) is 0 Å². The molecule has 0 aliphatic carbocycles. The summed E-state index contributed by atoms with van der Waals surface area (Å²) in [4.78, 5) is 12.0. The highest BCUT2D eigenvalue weighted by molar-refractivity contribution is 9.10. The molecular formula is C21H25BrN2O2. The second-order valence-corrected chi connectivity index (χ2v) is 7.59. The molecule has 0 bridgehead atoms. The lowest BCUT2D eigenvalue weighted by atomic mass is 10.0. The lowest BCUT2D eigenvalue weighted by Gasteiger charge is -2.11. The van der Waals surface area contributed by atoms with E-state index in [1.165, 1.54) is 11.1 Å². The van der Waals surface area contributed by atoms with Crippen LogP contribution in [0.1, 0.15) is 47.6 Å². The van der Waals surface area contributed by atoms with E-state index in [-0.39, 0.29) is 12.5 Å². The number of benzene rings is 2. The standard InChI is InChI=1S/C21H25BrN2O2/c1-13(2)17-6-7-20(19(22)10-17)26-12-21(25)24-23-11-18-15(4)8-14(3)9-16(18)5/h6-11,13H,12H2,1-5H3,(H,24,25)/b23-11+. The molecule has 0 aliphatic rings. The van der Waals surface area contributed by atoms with Crippen LogP contribution in [0.25, 0.3) is 0 Å². The van der Waals surface area contributed by atoms with Crippen LogP contribution in [0.15, 0.2) is 39.9 Å². The van der Waals surface area contributed by atoms with Gasteiger partial charge in [-0.05, 0) is 71.4 Å². The molecule has 138 valence electrons. The Morgan fingerprint density at radius 1 is 1.19 bits per heavy atom. The van der Waals surface area contributed by atoms with E-state index in [0.29, 0.717) is 11.7 Å². The third-order valence-electron chi connectivity index (χ3n) is 4.10. The van der Waals surface area contributed by atoms with Crippen molar-refractivity contribution in [2.45, 2.75) is 40.5 Å². The van der Waals surface area contributed by atoms with Gasteiger partial charge in [0.1, 0.15) is 5.75 Å². The number of halogens is 1. The van der Waals surface area contributed by atoms with Crippen molar-refractivity contribution in [3.63, 3.8) is 0 Å². The molecule has 4 nitrogen and oxygen atoms in total. The van der Waals surface area contributed by atoms with Gasteiger partial charge in [-0.15, -0.1) is 0 Å². The fourth-order valence-corrected chi connectivity index (χ4v) is 3.24. The zero-order valence-electron chi connectivity index (χ0n) is 15.9. The number of ether oxygens (including phenoxy) is 1.